The summed E-state index contributed by atoms with van der Waals surface area (Å²) in [5.74, 6) is -2.74. The molecule has 2 atom stereocenters. The molecule has 0 radical (unpaired) electrons. The SMILES string of the molecule is C=CCCCC(=O)OCC(NC(=O)C(CC=C)CC(=O)NC1(CO)CCCC1)C(=O)Nc1ccc2ccccc2c1. The Kier molecular flexibility index (Phi) is 12.1. The Morgan fingerprint density at radius 3 is 2.41 bits per heavy atom. The summed E-state index contributed by atoms with van der Waals surface area (Å²) in [5, 5.41) is 20.2. The van der Waals surface area contributed by atoms with Crippen LogP contribution in [-0.2, 0) is 23.9 Å². The van der Waals surface area contributed by atoms with Crippen molar-refractivity contribution in [3.8, 4) is 0 Å². The maximum Gasteiger partial charge on any atom is 0.305 e. The number of fused-ring (bicyclic) bond motifs is 1. The van der Waals surface area contributed by atoms with Gasteiger partial charge in [0, 0.05) is 18.5 Å². The molecular formula is C32H41N3O6. The van der Waals surface area contributed by atoms with Gasteiger partial charge in [-0.05, 0) is 55.0 Å². The fourth-order valence-electron chi connectivity index (χ4n) is 5.04. The number of amides is 3. The van der Waals surface area contributed by atoms with Gasteiger partial charge < -0.3 is 25.8 Å². The van der Waals surface area contributed by atoms with Gasteiger partial charge in [0.05, 0.1) is 18.1 Å². The van der Waals surface area contributed by atoms with Crippen molar-refractivity contribution in [2.75, 3.05) is 18.5 Å². The molecule has 2 aromatic carbocycles. The fourth-order valence-corrected chi connectivity index (χ4v) is 5.04. The van der Waals surface area contributed by atoms with Crippen LogP contribution >= 0.6 is 0 Å². The summed E-state index contributed by atoms with van der Waals surface area (Å²) in [5.41, 5.74) is -0.132. The van der Waals surface area contributed by atoms with Gasteiger partial charge >= 0.3 is 5.97 Å². The van der Waals surface area contributed by atoms with E-state index in [9.17, 15) is 24.3 Å². The Morgan fingerprint density at radius 2 is 1.73 bits per heavy atom. The second kappa shape index (κ2) is 15.7. The number of rotatable bonds is 16. The standard InChI is InChI=1S/C32H41N3O6/c1-3-5-6-14-29(38)41-21-27(31(40)33-26-16-15-23-12-7-8-13-24(23)19-26)34-30(39)25(11-4-2)20-28(37)35-32(22-36)17-9-10-18-32/h3-4,7-8,12-13,15-16,19,25,27,36H,1-2,5-6,9-11,14,17-18,20-22H2,(H,33,40)(H,34,39)(H,35,37). The van der Waals surface area contributed by atoms with Crippen LogP contribution in [0.15, 0.2) is 67.8 Å². The van der Waals surface area contributed by atoms with E-state index in [0.29, 0.717) is 31.4 Å². The molecular weight excluding hydrogens is 522 g/mol. The summed E-state index contributed by atoms with van der Waals surface area (Å²) in [6.07, 6.45) is 7.88. The summed E-state index contributed by atoms with van der Waals surface area (Å²) in [4.78, 5) is 51.8. The second-order valence-corrected chi connectivity index (χ2v) is 10.6. The van der Waals surface area contributed by atoms with Crippen LogP contribution in [0.25, 0.3) is 10.8 Å². The average molecular weight is 564 g/mol. The summed E-state index contributed by atoms with van der Waals surface area (Å²) in [6, 6.07) is 12.0. The normalized spacial score (nSPS) is 15.3. The minimum Gasteiger partial charge on any atom is -0.463 e. The Hall–Kier alpha value is -3.98. The Morgan fingerprint density at radius 1 is 1.00 bits per heavy atom. The Labute approximate surface area is 241 Å². The van der Waals surface area contributed by atoms with Crippen LogP contribution in [0.4, 0.5) is 5.69 Å². The van der Waals surface area contributed by atoms with Crippen LogP contribution in [0.3, 0.4) is 0 Å². The number of allylic oxidation sites excluding steroid dienone is 2. The monoisotopic (exact) mass is 563 g/mol. The number of anilines is 1. The van der Waals surface area contributed by atoms with Crippen molar-refractivity contribution in [1.29, 1.82) is 0 Å². The number of esters is 1. The van der Waals surface area contributed by atoms with Crippen molar-refractivity contribution in [3.63, 3.8) is 0 Å². The zero-order valence-corrected chi connectivity index (χ0v) is 23.5. The van der Waals surface area contributed by atoms with Crippen LogP contribution < -0.4 is 16.0 Å². The van der Waals surface area contributed by atoms with Crippen LogP contribution in [0.2, 0.25) is 0 Å². The molecule has 3 amide bonds. The number of unbranched alkanes of at least 4 members (excludes halogenated alkanes) is 1. The Balaban J connectivity index is 1.70. The van der Waals surface area contributed by atoms with Gasteiger partial charge in [0.25, 0.3) is 5.91 Å². The lowest BCUT2D eigenvalue weighted by Gasteiger charge is -2.29. The van der Waals surface area contributed by atoms with Crippen molar-refractivity contribution in [2.24, 2.45) is 5.92 Å². The van der Waals surface area contributed by atoms with E-state index < -0.39 is 35.3 Å². The minimum absolute atomic E-state index is 0.139. The van der Waals surface area contributed by atoms with E-state index in [1.165, 1.54) is 0 Å². The first-order valence-corrected chi connectivity index (χ1v) is 14.2. The average Bonchev–Trinajstić information content (AvgIpc) is 3.43. The number of ether oxygens (including phenoxy) is 1. The lowest BCUT2D eigenvalue weighted by Crippen LogP contribution is -2.51. The van der Waals surface area contributed by atoms with E-state index in [1.807, 2.05) is 36.4 Å². The first-order chi connectivity index (χ1) is 19.8. The Bertz CT molecular complexity index is 1240. The molecule has 0 bridgehead atoms. The highest BCUT2D eigenvalue weighted by Crippen LogP contribution is 2.29. The highest BCUT2D eigenvalue weighted by atomic mass is 16.5. The summed E-state index contributed by atoms with van der Waals surface area (Å²) in [6.45, 7) is 6.82. The molecule has 9 heteroatoms. The topological polar surface area (TPSA) is 134 Å². The second-order valence-electron chi connectivity index (χ2n) is 10.6. The number of aliphatic hydroxyl groups is 1. The number of hydrogen-bond donors (Lipinski definition) is 4. The van der Waals surface area contributed by atoms with Crippen LogP contribution in [0.1, 0.15) is 57.8 Å². The van der Waals surface area contributed by atoms with Gasteiger partial charge in [-0.25, -0.2) is 0 Å². The summed E-state index contributed by atoms with van der Waals surface area (Å²) in [7, 11) is 0. The lowest BCUT2D eigenvalue weighted by atomic mass is 9.95. The van der Waals surface area contributed by atoms with Crippen molar-refractivity contribution < 1.29 is 29.0 Å². The molecule has 0 spiro atoms. The largest absolute Gasteiger partial charge is 0.463 e. The first-order valence-electron chi connectivity index (χ1n) is 14.2. The van der Waals surface area contributed by atoms with Gasteiger partial charge in [-0.15, -0.1) is 13.2 Å². The molecule has 2 unspecified atom stereocenters. The predicted molar refractivity (Wildman–Crippen MR) is 159 cm³/mol. The zero-order chi connectivity index (χ0) is 29.7. The van der Waals surface area contributed by atoms with Crippen LogP contribution in [0, 0.1) is 5.92 Å². The highest BCUT2D eigenvalue weighted by molar-refractivity contribution is 5.99. The number of benzene rings is 2. The van der Waals surface area contributed by atoms with Gasteiger partial charge in [-0.2, -0.15) is 0 Å². The molecule has 3 rings (SSSR count). The minimum atomic E-state index is -1.19. The number of carbonyl (C=O) groups excluding carboxylic acids is 4. The number of nitrogens with one attached hydrogen (secondary N) is 3. The summed E-state index contributed by atoms with van der Waals surface area (Å²) < 4.78 is 5.34. The molecule has 1 fully saturated rings. The molecule has 0 aromatic heterocycles. The highest BCUT2D eigenvalue weighted by Gasteiger charge is 2.36. The van der Waals surface area contributed by atoms with Gasteiger partial charge in [-0.3, -0.25) is 19.2 Å². The van der Waals surface area contributed by atoms with Crippen molar-refractivity contribution >= 4 is 40.2 Å². The third-order valence-electron chi connectivity index (χ3n) is 7.37. The molecule has 9 nitrogen and oxygen atoms in total. The quantitative estimate of drug-likeness (QED) is 0.138. The van der Waals surface area contributed by atoms with E-state index in [1.54, 1.807) is 18.2 Å². The van der Waals surface area contributed by atoms with E-state index in [4.69, 9.17) is 4.74 Å². The van der Waals surface area contributed by atoms with Crippen molar-refractivity contribution in [3.05, 3.63) is 67.8 Å². The number of aliphatic hydroxyl groups excluding tert-OH is 1. The molecule has 1 aliphatic carbocycles. The van der Waals surface area contributed by atoms with Crippen molar-refractivity contribution in [1.82, 2.24) is 10.6 Å². The smallest absolute Gasteiger partial charge is 0.305 e. The fraction of sp³-hybridized carbons (Fsp3) is 0.438. The van der Waals surface area contributed by atoms with E-state index >= 15 is 0 Å². The molecule has 4 N–H and O–H groups in total. The lowest BCUT2D eigenvalue weighted by molar-refractivity contribution is -0.146. The van der Waals surface area contributed by atoms with Crippen molar-refractivity contribution in [2.45, 2.75) is 69.4 Å². The molecule has 0 heterocycles. The third-order valence-corrected chi connectivity index (χ3v) is 7.37. The molecule has 2 aromatic rings. The van der Waals surface area contributed by atoms with E-state index in [2.05, 4.69) is 29.1 Å². The molecule has 1 saturated carbocycles. The van der Waals surface area contributed by atoms with E-state index in [-0.39, 0.29) is 38.4 Å². The summed E-state index contributed by atoms with van der Waals surface area (Å²) >= 11 is 0. The van der Waals surface area contributed by atoms with Crippen LogP contribution in [0.5, 0.6) is 0 Å². The van der Waals surface area contributed by atoms with Crippen LogP contribution in [-0.4, -0.2) is 53.6 Å². The zero-order valence-electron chi connectivity index (χ0n) is 23.5. The molecule has 220 valence electrons. The number of hydrogen-bond acceptors (Lipinski definition) is 6. The molecule has 41 heavy (non-hydrogen) atoms. The molecule has 0 saturated heterocycles. The maximum atomic E-state index is 13.3. The van der Waals surface area contributed by atoms with Gasteiger partial charge in [0.15, 0.2) is 0 Å². The predicted octanol–water partition coefficient (Wildman–Crippen LogP) is 4.17. The number of carbonyl (C=O) groups is 4. The van der Waals surface area contributed by atoms with Gasteiger partial charge in [0.2, 0.25) is 11.8 Å². The molecule has 0 aliphatic heterocycles. The first kappa shape index (κ1) is 31.5. The third kappa shape index (κ3) is 9.56. The molecule has 1 aliphatic rings. The van der Waals surface area contributed by atoms with Gasteiger partial charge in [0.1, 0.15) is 12.6 Å². The maximum absolute atomic E-state index is 13.3. The van der Waals surface area contributed by atoms with Gasteiger partial charge in [-0.1, -0.05) is 55.3 Å². The van der Waals surface area contributed by atoms with E-state index in [0.717, 1.165) is 23.6 Å².